The zero-order valence-corrected chi connectivity index (χ0v) is 19.3. The van der Waals surface area contributed by atoms with Crippen LogP contribution < -0.4 is 4.72 Å². The van der Waals surface area contributed by atoms with Crippen molar-refractivity contribution in [3.8, 4) is 0 Å². The first-order chi connectivity index (χ1) is 15.1. The first kappa shape index (κ1) is 22.0. The summed E-state index contributed by atoms with van der Waals surface area (Å²) in [4.78, 5) is 0.162. The Kier molecular flexibility index (Phi) is 5.79. The van der Waals surface area contributed by atoms with Crippen molar-refractivity contribution >= 4 is 31.4 Å². The molecule has 0 aliphatic carbocycles. The van der Waals surface area contributed by atoms with Crippen LogP contribution in [0.2, 0.25) is 0 Å². The Morgan fingerprint density at radius 3 is 2.25 bits per heavy atom. The molecule has 0 fully saturated rings. The van der Waals surface area contributed by atoms with Gasteiger partial charge in [0.05, 0.1) is 22.9 Å². The molecule has 3 aromatic carbocycles. The molecule has 0 saturated carbocycles. The van der Waals surface area contributed by atoms with Crippen molar-refractivity contribution in [1.82, 2.24) is 4.41 Å². The van der Waals surface area contributed by atoms with Crippen LogP contribution in [0, 0.1) is 6.92 Å². The number of rotatable bonds is 6. The predicted octanol–water partition coefficient (Wildman–Crippen LogP) is 3.91. The first-order valence-electron chi connectivity index (χ1n) is 9.95. The number of hydrogen-bond donors (Lipinski definition) is 1. The second-order valence-electron chi connectivity index (χ2n) is 7.72. The Balaban J connectivity index is 1.77. The van der Waals surface area contributed by atoms with Crippen LogP contribution in [0.3, 0.4) is 0 Å². The molecule has 1 unspecified atom stereocenters. The minimum Gasteiger partial charge on any atom is -0.284 e. The number of aryl methyl sites for hydroxylation is 1. The average molecular weight is 470 g/mol. The Labute approximate surface area is 188 Å². The van der Waals surface area contributed by atoms with E-state index in [1.54, 1.807) is 54.6 Å². The van der Waals surface area contributed by atoms with Crippen molar-refractivity contribution in [1.29, 1.82) is 0 Å². The molecule has 32 heavy (non-hydrogen) atoms. The summed E-state index contributed by atoms with van der Waals surface area (Å²) >= 11 is 0. The van der Waals surface area contributed by atoms with E-state index < -0.39 is 26.1 Å². The Hall–Kier alpha value is -3.17. The molecule has 0 aromatic heterocycles. The molecule has 3 aromatic rings. The lowest BCUT2D eigenvalue weighted by Crippen LogP contribution is -2.27. The van der Waals surface area contributed by atoms with Crippen LogP contribution in [-0.2, 0) is 20.0 Å². The van der Waals surface area contributed by atoms with Gasteiger partial charge in [-0.1, -0.05) is 60.2 Å². The molecule has 0 saturated heterocycles. The second kappa shape index (κ2) is 8.40. The number of sulfonamides is 2. The van der Waals surface area contributed by atoms with E-state index in [2.05, 4.69) is 9.82 Å². The van der Waals surface area contributed by atoms with Gasteiger partial charge in [-0.2, -0.15) is 17.9 Å². The quantitative estimate of drug-likeness (QED) is 0.592. The van der Waals surface area contributed by atoms with Gasteiger partial charge in [0.1, 0.15) is 0 Å². The highest BCUT2D eigenvalue weighted by atomic mass is 32.2. The van der Waals surface area contributed by atoms with Crippen molar-refractivity contribution in [2.45, 2.75) is 24.3 Å². The van der Waals surface area contributed by atoms with E-state index in [-0.39, 0.29) is 4.90 Å². The van der Waals surface area contributed by atoms with Gasteiger partial charge in [0.2, 0.25) is 10.0 Å². The number of nitrogens with one attached hydrogen (secondary N) is 1. The van der Waals surface area contributed by atoms with Gasteiger partial charge in [-0.3, -0.25) is 4.72 Å². The van der Waals surface area contributed by atoms with E-state index in [1.165, 1.54) is 4.41 Å². The largest absolute Gasteiger partial charge is 0.284 e. The van der Waals surface area contributed by atoms with Crippen LogP contribution in [0.15, 0.2) is 88.9 Å². The predicted molar refractivity (Wildman–Crippen MR) is 125 cm³/mol. The molecule has 1 heterocycles. The van der Waals surface area contributed by atoms with Crippen LogP contribution in [0.1, 0.15) is 29.2 Å². The fourth-order valence-corrected chi connectivity index (χ4v) is 5.61. The summed E-state index contributed by atoms with van der Waals surface area (Å²) in [5.74, 6) is 0. The molecule has 0 radical (unpaired) electrons. The van der Waals surface area contributed by atoms with Crippen LogP contribution in [-0.4, -0.2) is 33.2 Å². The molecule has 9 heteroatoms. The zero-order valence-electron chi connectivity index (χ0n) is 17.6. The third-order valence-corrected chi connectivity index (χ3v) is 7.42. The molecule has 0 bridgehead atoms. The van der Waals surface area contributed by atoms with Gasteiger partial charge in [-0.15, -0.1) is 0 Å². The molecule has 166 valence electrons. The smallest absolute Gasteiger partial charge is 0.279 e. The fourth-order valence-electron chi connectivity index (χ4n) is 3.60. The summed E-state index contributed by atoms with van der Waals surface area (Å²) in [5.41, 5.74) is 3.52. The van der Waals surface area contributed by atoms with E-state index in [4.69, 9.17) is 0 Å². The van der Waals surface area contributed by atoms with Crippen molar-refractivity contribution in [2.24, 2.45) is 5.10 Å². The highest BCUT2D eigenvalue weighted by Gasteiger charge is 2.37. The Bertz CT molecular complexity index is 1370. The van der Waals surface area contributed by atoms with Crippen molar-refractivity contribution in [3.05, 3.63) is 95.6 Å². The monoisotopic (exact) mass is 469 g/mol. The third kappa shape index (κ3) is 4.68. The molecule has 0 amide bonds. The van der Waals surface area contributed by atoms with E-state index in [1.807, 2.05) is 31.2 Å². The summed E-state index contributed by atoms with van der Waals surface area (Å²) in [7, 11) is -7.33. The van der Waals surface area contributed by atoms with E-state index in [0.29, 0.717) is 23.4 Å². The standard InChI is InChI=1S/C23H23N3O4S2/c1-17-11-13-18(14-12-17)23-16-22(19-7-6-8-20(15-19)25-31(2,27)28)24-26(23)32(29,30)21-9-4-3-5-10-21/h3-15,23,25H,16H2,1-2H3. The minimum atomic E-state index is -3.89. The highest BCUT2D eigenvalue weighted by molar-refractivity contribution is 7.92. The van der Waals surface area contributed by atoms with E-state index in [0.717, 1.165) is 17.4 Å². The van der Waals surface area contributed by atoms with Crippen molar-refractivity contribution in [3.63, 3.8) is 0 Å². The van der Waals surface area contributed by atoms with Crippen molar-refractivity contribution in [2.75, 3.05) is 11.0 Å². The van der Waals surface area contributed by atoms with Gasteiger partial charge in [-0.05, 0) is 42.3 Å². The summed E-state index contributed by atoms with van der Waals surface area (Å²) < 4.78 is 53.7. The van der Waals surface area contributed by atoms with Gasteiger partial charge >= 0.3 is 0 Å². The maximum atomic E-state index is 13.4. The normalized spacial score (nSPS) is 16.6. The van der Waals surface area contributed by atoms with Gasteiger partial charge in [0, 0.05) is 12.1 Å². The van der Waals surface area contributed by atoms with Gasteiger partial charge in [-0.25, -0.2) is 8.42 Å². The molecule has 1 aliphatic heterocycles. The SMILES string of the molecule is Cc1ccc(C2CC(c3cccc(NS(C)(=O)=O)c3)=NN2S(=O)(=O)c2ccccc2)cc1. The van der Waals surface area contributed by atoms with Gasteiger partial charge in [0.25, 0.3) is 10.0 Å². The Morgan fingerprint density at radius 1 is 0.906 bits per heavy atom. The van der Waals surface area contributed by atoms with Crippen LogP contribution in [0.5, 0.6) is 0 Å². The molecule has 0 spiro atoms. The van der Waals surface area contributed by atoms with Crippen molar-refractivity contribution < 1.29 is 16.8 Å². The van der Waals surface area contributed by atoms with Gasteiger partial charge in [0.15, 0.2) is 0 Å². The maximum absolute atomic E-state index is 13.4. The van der Waals surface area contributed by atoms with Crippen LogP contribution in [0.25, 0.3) is 0 Å². The number of anilines is 1. The first-order valence-corrected chi connectivity index (χ1v) is 13.3. The fraction of sp³-hybridized carbons (Fsp3) is 0.174. The second-order valence-corrected chi connectivity index (χ2v) is 11.3. The highest BCUT2D eigenvalue weighted by Crippen LogP contribution is 2.37. The summed E-state index contributed by atoms with van der Waals surface area (Å²) in [6.45, 7) is 1.97. The van der Waals surface area contributed by atoms with E-state index >= 15 is 0 Å². The molecule has 1 aliphatic rings. The third-order valence-electron chi connectivity index (χ3n) is 5.12. The Morgan fingerprint density at radius 2 is 1.59 bits per heavy atom. The molecule has 1 atom stereocenters. The average Bonchev–Trinajstić information content (AvgIpc) is 3.20. The minimum absolute atomic E-state index is 0.162. The number of hydrazone groups is 1. The van der Waals surface area contributed by atoms with Crippen LogP contribution >= 0.6 is 0 Å². The summed E-state index contributed by atoms with van der Waals surface area (Å²) in [5, 5.41) is 4.51. The van der Waals surface area contributed by atoms with Crippen LogP contribution in [0.4, 0.5) is 5.69 Å². The van der Waals surface area contributed by atoms with E-state index in [9.17, 15) is 16.8 Å². The molecule has 4 rings (SSSR count). The number of benzene rings is 3. The molecule has 1 N–H and O–H groups in total. The maximum Gasteiger partial charge on any atom is 0.279 e. The lowest BCUT2D eigenvalue weighted by Gasteiger charge is -2.23. The molecular weight excluding hydrogens is 446 g/mol. The lowest BCUT2D eigenvalue weighted by molar-refractivity contribution is 0.371. The number of hydrogen-bond acceptors (Lipinski definition) is 5. The topological polar surface area (TPSA) is 95.9 Å². The van der Waals surface area contributed by atoms with Gasteiger partial charge < -0.3 is 0 Å². The number of nitrogens with zero attached hydrogens (tertiary/aromatic N) is 2. The molecular formula is C23H23N3O4S2. The zero-order chi connectivity index (χ0) is 22.9. The lowest BCUT2D eigenvalue weighted by atomic mass is 9.98. The summed E-state index contributed by atoms with van der Waals surface area (Å²) in [6, 6.07) is 22.2. The summed E-state index contributed by atoms with van der Waals surface area (Å²) in [6.07, 6.45) is 1.44. The molecule has 7 nitrogen and oxygen atoms in total.